The van der Waals surface area contributed by atoms with Gasteiger partial charge in [-0.2, -0.15) is 0 Å². The molecule has 1 aliphatic rings. The molecule has 1 rings (SSSR count). The summed E-state index contributed by atoms with van der Waals surface area (Å²) in [6, 6.07) is 0. The Labute approximate surface area is 74.6 Å². The first-order valence-corrected chi connectivity index (χ1v) is 4.64. The van der Waals surface area contributed by atoms with E-state index in [4.69, 9.17) is 9.47 Å². The maximum Gasteiger partial charge on any atom is 0.133 e. The van der Waals surface area contributed by atoms with Crippen LogP contribution in [0.2, 0.25) is 0 Å². The van der Waals surface area contributed by atoms with Crippen molar-refractivity contribution in [1.82, 2.24) is 0 Å². The maximum absolute atomic E-state index is 5.48. The molecule has 0 fully saturated rings. The molecule has 1 aliphatic heterocycles. The van der Waals surface area contributed by atoms with Crippen LogP contribution in [0.3, 0.4) is 0 Å². The fourth-order valence-corrected chi connectivity index (χ4v) is 1.46. The molecular formula is C10H18O2. The minimum absolute atomic E-state index is 0.491. The standard InChI is InChI=1S/C10H18O2/c1-8(2)6-9(3)10-7-11-4-5-12-10/h7-9H,4-6H2,1-3H3/t9-/m0/s1. The number of hydrogen-bond acceptors (Lipinski definition) is 2. The van der Waals surface area contributed by atoms with Crippen molar-refractivity contribution in [1.29, 1.82) is 0 Å². The van der Waals surface area contributed by atoms with Gasteiger partial charge in [-0.25, -0.2) is 0 Å². The highest BCUT2D eigenvalue weighted by Gasteiger charge is 2.14. The Morgan fingerprint density at radius 2 is 2.08 bits per heavy atom. The monoisotopic (exact) mass is 170 g/mol. The van der Waals surface area contributed by atoms with E-state index in [-0.39, 0.29) is 0 Å². The van der Waals surface area contributed by atoms with Crippen LogP contribution in [0.4, 0.5) is 0 Å². The van der Waals surface area contributed by atoms with E-state index in [1.165, 1.54) is 0 Å². The molecule has 2 heteroatoms. The molecule has 1 heterocycles. The van der Waals surface area contributed by atoms with Crippen molar-refractivity contribution >= 4 is 0 Å². The third kappa shape index (κ3) is 2.76. The number of rotatable bonds is 3. The van der Waals surface area contributed by atoms with E-state index in [0.29, 0.717) is 25.0 Å². The van der Waals surface area contributed by atoms with Gasteiger partial charge in [0.15, 0.2) is 0 Å². The summed E-state index contributed by atoms with van der Waals surface area (Å²) in [5.41, 5.74) is 0. The molecule has 0 bridgehead atoms. The first-order valence-electron chi connectivity index (χ1n) is 4.64. The average molecular weight is 170 g/mol. The highest BCUT2D eigenvalue weighted by molar-refractivity contribution is 4.95. The summed E-state index contributed by atoms with van der Waals surface area (Å²) >= 11 is 0. The van der Waals surface area contributed by atoms with Gasteiger partial charge in [-0.3, -0.25) is 0 Å². The molecule has 0 unspecified atom stereocenters. The molecule has 0 aliphatic carbocycles. The molecule has 0 amide bonds. The normalized spacial score (nSPS) is 19.5. The summed E-state index contributed by atoms with van der Waals surface area (Å²) in [7, 11) is 0. The summed E-state index contributed by atoms with van der Waals surface area (Å²) in [5, 5.41) is 0. The third-order valence-electron chi connectivity index (χ3n) is 1.98. The van der Waals surface area contributed by atoms with Gasteiger partial charge in [-0.15, -0.1) is 0 Å². The number of ether oxygens (including phenoxy) is 2. The zero-order chi connectivity index (χ0) is 8.97. The molecule has 0 radical (unpaired) electrons. The molecule has 0 spiro atoms. The van der Waals surface area contributed by atoms with Crippen LogP contribution in [-0.4, -0.2) is 13.2 Å². The fourth-order valence-electron chi connectivity index (χ4n) is 1.46. The maximum atomic E-state index is 5.48. The molecule has 0 saturated heterocycles. The SMILES string of the molecule is CC(C)C[C@H](C)C1=COCCO1. The average Bonchev–Trinajstić information content (AvgIpc) is 2.05. The molecular weight excluding hydrogens is 152 g/mol. The van der Waals surface area contributed by atoms with Crippen LogP contribution in [0, 0.1) is 11.8 Å². The van der Waals surface area contributed by atoms with Gasteiger partial charge in [0, 0.05) is 5.92 Å². The van der Waals surface area contributed by atoms with Gasteiger partial charge in [0.1, 0.15) is 25.2 Å². The van der Waals surface area contributed by atoms with Crippen LogP contribution >= 0.6 is 0 Å². The van der Waals surface area contributed by atoms with E-state index >= 15 is 0 Å². The highest BCUT2D eigenvalue weighted by Crippen LogP contribution is 2.21. The zero-order valence-electron chi connectivity index (χ0n) is 8.17. The van der Waals surface area contributed by atoms with Gasteiger partial charge in [0.05, 0.1) is 0 Å². The van der Waals surface area contributed by atoms with E-state index in [9.17, 15) is 0 Å². The van der Waals surface area contributed by atoms with Crippen molar-refractivity contribution in [3.63, 3.8) is 0 Å². The minimum atomic E-state index is 0.491. The van der Waals surface area contributed by atoms with Crippen LogP contribution in [0.5, 0.6) is 0 Å². The Hall–Kier alpha value is -0.660. The number of hydrogen-bond donors (Lipinski definition) is 0. The Morgan fingerprint density at radius 3 is 2.58 bits per heavy atom. The van der Waals surface area contributed by atoms with Crippen molar-refractivity contribution in [2.45, 2.75) is 27.2 Å². The summed E-state index contributed by atoms with van der Waals surface area (Å²) in [4.78, 5) is 0. The molecule has 0 aromatic carbocycles. The quantitative estimate of drug-likeness (QED) is 0.648. The van der Waals surface area contributed by atoms with Crippen molar-refractivity contribution in [2.24, 2.45) is 11.8 Å². The van der Waals surface area contributed by atoms with Gasteiger partial charge in [-0.05, 0) is 12.3 Å². The van der Waals surface area contributed by atoms with Crippen LogP contribution in [0.25, 0.3) is 0 Å². The second kappa shape index (κ2) is 4.39. The van der Waals surface area contributed by atoms with E-state index in [1.54, 1.807) is 6.26 Å². The lowest BCUT2D eigenvalue weighted by Crippen LogP contribution is -2.14. The summed E-state index contributed by atoms with van der Waals surface area (Å²) in [6.45, 7) is 8.02. The van der Waals surface area contributed by atoms with Gasteiger partial charge >= 0.3 is 0 Å². The molecule has 1 atom stereocenters. The van der Waals surface area contributed by atoms with Crippen LogP contribution in [0.15, 0.2) is 12.0 Å². The van der Waals surface area contributed by atoms with Crippen molar-refractivity contribution in [3.8, 4) is 0 Å². The molecule has 70 valence electrons. The van der Waals surface area contributed by atoms with E-state index in [1.807, 2.05) is 0 Å². The van der Waals surface area contributed by atoms with Crippen molar-refractivity contribution in [2.75, 3.05) is 13.2 Å². The van der Waals surface area contributed by atoms with E-state index in [2.05, 4.69) is 20.8 Å². The van der Waals surface area contributed by atoms with Crippen molar-refractivity contribution < 1.29 is 9.47 Å². The predicted octanol–water partition coefficient (Wildman–Crippen LogP) is 2.56. The predicted molar refractivity (Wildman–Crippen MR) is 48.6 cm³/mol. The third-order valence-corrected chi connectivity index (χ3v) is 1.98. The topological polar surface area (TPSA) is 18.5 Å². The lowest BCUT2D eigenvalue weighted by atomic mass is 9.97. The molecule has 0 N–H and O–H groups in total. The molecule has 0 aromatic heterocycles. The first kappa shape index (κ1) is 9.43. The molecule has 12 heavy (non-hydrogen) atoms. The Bertz CT molecular complexity index is 161. The largest absolute Gasteiger partial charge is 0.494 e. The van der Waals surface area contributed by atoms with Crippen LogP contribution in [-0.2, 0) is 9.47 Å². The van der Waals surface area contributed by atoms with E-state index < -0.39 is 0 Å². The lowest BCUT2D eigenvalue weighted by Gasteiger charge is -2.21. The van der Waals surface area contributed by atoms with E-state index in [0.717, 1.165) is 12.2 Å². The van der Waals surface area contributed by atoms with Crippen LogP contribution in [0.1, 0.15) is 27.2 Å². The first-order chi connectivity index (χ1) is 5.70. The Kier molecular flexibility index (Phi) is 3.45. The summed E-state index contributed by atoms with van der Waals surface area (Å²) < 4.78 is 10.7. The second-order valence-electron chi connectivity index (χ2n) is 3.77. The molecule has 2 nitrogen and oxygen atoms in total. The van der Waals surface area contributed by atoms with Crippen LogP contribution < -0.4 is 0 Å². The van der Waals surface area contributed by atoms with Gasteiger partial charge in [0.25, 0.3) is 0 Å². The fraction of sp³-hybridized carbons (Fsp3) is 0.800. The molecule has 0 aromatic rings. The Morgan fingerprint density at radius 1 is 1.33 bits per heavy atom. The smallest absolute Gasteiger partial charge is 0.133 e. The lowest BCUT2D eigenvalue weighted by molar-refractivity contribution is 0.0650. The number of allylic oxidation sites excluding steroid dienone is 1. The summed E-state index contributed by atoms with van der Waals surface area (Å²) in [5.74, 6) is 2.21. The second-order valence-corrected chi connectivity index (χ2v) is 3.77. The van der Waals surface area contributed by atoms with Gasteiger partial charge in [0.2, 0.25) is 0 Å². The van der Waals surface area contributed by atoms with Crippen molar-refractivity contribution in [3.05, 3.63) is 12.0 Å². The van der Waals surface area contributed by atoms with Gasteiger partial charge in [-0.1, -0.05) is 20.8 Å². The highest BCUT2D eigenvalue weighted by atomic mass is 16.6. The molecule has 0 saturated carbocycles. The summed E-state index contributed by atoms with van der Waals surface area (Å²) in [6.07, 6.45) is 2.92. The minimum Gasteiger partial charge on any atom is -0.494 e. The van der Waals surface area contributed by atoms with Gasteiger partial charge < -0.3 is 9.47 Å². The Balaban J connectivity index is 2.39. The zero-order valence-corrected chi connectivity index (χ0v) is 8.17.